The van der Waals surface area contributed by atoms with Gasteiger partial charge in [0, 0.05) is 36.1 Å². The maximum atomic E-state index is 11.5. The molecular formula is C34H33N3O7. The molecule has 4 aromatic rings. The number of aliphatic carboxylic acids is 1. The Morgan fingerprint density at radius 1 is 1.05 bits per heavy atom. The topological polar surface area (TPSA) is 143 Å². The fourth-order valence-electron chi connectivity index (χ4n) is 4.96. The summed E-state index contributed by atoms with van der Waals surface area (Å²) >= 11 is 0. The smallest absolute Gasteiger partial charge is 0.323 e. The molecule has 1 atom stereocenters. The molecule has 0 amide bonds. The largest absolute Gasteiger partial charge is 0.489 e. The van der Waals surface area contributed by atoms with Crippen molar-refractivity contribution in [2.24, 2.45) is 0 Å². The van der Waals surface area contributed by atoms with Gasteiger partial charge in [0.1, 0.15) is 50.0 Å². The minimum atomic E-state index is -1.15. The van der Waals surface area contributed by atoms with Crippen LogP contribution in [0.2, 0.25) is 0 Å². The highest BCUT2D eigenvalue weighted by molar-refractivity contribution is 5.73. The van der Waals surface area contributed by atoms with E-state index in [0.29, 0.717) is 42.4 Å². The molecule has 5 rings (SSSR count). The molecule has 1 aliphatic heterocycles. The molecule has 0 aliphatic carbocycles. The first-order chi connectivity index (χ1) is 21.4. The van der Waals surface area contributed by atoms with Crippen LogP contribution in [0.1, 0.15) is 33.4 Å². The number of hydrogen-bond acceptors (Lipinski definition) is 9. The van der Waals surface area contributed by atoms with Crippen molar-refractivity contribution in [1.29, 1.82) is 5.26 Å². The predicted octanol–water partition coefficient (Wildman–Crippen LogP) is 4.70. The molecule has 1 aliphatic rings. The number of aryl methyl sites for hydroxylation is 1. The Hall–Kier alpha value is -5.11. The van der Waals surface area contributed by atoms with Crippen LogP contribution in [0, 0.1) is 25.2 Å². The van der Waals surface area contributed by atoms with Crippen molar-refractivity contribution in [1.82, 2.24) is 10.3 Å². The quantitative estimate of drug-likeness (QED) is 0.211. The minimum absolute atomic E-state index is 0.136. The number of carbonyl (C=O) groups is 1. The first-order valence-corrected chi connectivity index (χ1v) is 14.1. The number of carboxylic acids is 1. The highest BCUT2D eigenvalue weighted by Gasteiger charge is 2.19. The van der Waals surface area contributed by atoms with E-state index in [0.717, 1.165) is 44.9 Å². The van der Waals surface area contributed by atoms with E-state index in [1.807, 2.05) is 43.3 Å². The third-order valence-corrected chi connectivity index (χ3v) is 7.42. The second-order valence-corrected chi connectivity index (χ2v) is 10.4. The molecule has 10 heteroatoms. The van der Waals surface area contributed by atoms with Gasteiger partial charge in [0.25, 0.3) is 0 Å². The zero-order valence-corrected chi connectivity index (χ0v) is 24.5. The highest BCUT2D eigenvalue weighted by atomic mass is 16.6. The molecule has 0 spiro atoms. The lowest BCUT2D eigenvalue weighted by Crippen LogP contribution is -2.39. The van der Waals surface area contributed by atoms with E-state index in [9.17, 15) is 20.3 Å². The molecule has 44 heavy (non-hydrogen) atoms. The van der Waals surface area contributed by atoms with E-state index in [2.05, 4.69) is 29.4 Å². The van der Waals surface area contributed by atoms with Gasteiger partial charge in [-0.05, 0) is 65.9 Å². The second-order valence-electron chi connectivity index (χ2n) is 10.4. The second kappa shape index (κ2) is 13.9. The Labute approximate surface area is 255 Å². The molecular weight excluding hydrogens is 562 g/mol. The number of aromatic nitrogens is 1. The van der Waals surface area contributed by atoms with Gasteiger partial charge < -0.3 is 29.2 Å². The van der Waals surface area contributed by atoms with Crippen molar-refractivity contribution in [3.05, 3.63) is 100 Å². The Morgan fingerprint density at radius 2 is 1.86 bits per heavy atom. The molecule has 0 bridgehead atoms. The van der Waals surface area contributed by atoms with Gasteiger partial charge in [-0.2, -0.15) is 5.26 Å². The number of ether oxygens (including phenoxy) is 4. The molecule has 226 valence electrons. The van der Waals surface area contributed by atoms with Crippen LogP contribution in [-0.2, 0) is 24.6 Å². The lowest BCUT2D eigenvalue weighted by atomic mass is 9.96. The molecule has 2 heterocycles. The van der Waals surface area contributed by atoms with E-state index >= 15 is 0 Å². The van der Waals surface area contributed by atoms with Crippen LogP contribution < -0.4 is 24.3 Å². The maximum absolute atomic E-state index is 11.5. The van der Waals surface area contributed by atoms with Crippen LogP contribution in [-0.4, -0.2) is 47.0 Å². The van der Waals surface area contributed by atoms with Gasteiger partial charge in [0.2, 0.25) is 0 Å². The van der Waals surface area contributed by atoms with Crippen molar-refractivity contribution in [2.45, 2.75) is 39.6 Å². The third-order valence-electron chi connectivity index (χ3n) is 7.42. The van der Waals surface area contributed by atoms with Gasteiger partial charge in [-0.15, -0.1) is 0 Å². The number of nitriles is 1. The molecule has 1 aromatic heterocycles. The fourth-order valence-corrected chi connectivity index (χ4v) is 4.96. The summed E-state index contributed by atoms with van der Waals surface area (Å²) < 4.78 is 23.9. The lowest BCUT2D eigenvalue weighted by molar-refractivity contribution is -0.140. The number of carboxylic acid groups (broad SMARTS) is 1. The zero-order chi connectivity index (χ0) is 31.1. The molecule has 0 fully saturated rings. The first kappa shape index (κ1) is 30.4. The number of aliphatic hydroxyl groups excluding tert-OH is 1. The summed E-state index contributed by atoms with van der Waals surface area (Å²) in [6, 6.07) is 18.3. The van der Waals surface area contributed by atoms with Crippen molar-refractivity contribution < 1.29 is 34.0 Å². The van der Waals surface area contributed by atoms with Crippen molar-refractivity contribution >= 4 is 5.97 Å². The Kier molecular flexibility index (Phi) is 9.59. The molecule has 3 N–H and O–H groups in total. The monoisotopic (exact) mass is 595 g/mol. The Morgan fingerprint density at radius 3 is 2.64 bits per heavy atom. The molecule has 10 nitrogen and oxygen atoms in total. The van der Waals surface area contributed by atoms with E-state index in [1.165, 1.54) is 6.20 Å². The number of aliphatic hydroxyl groups is 1. The number of benzene rings is 3. The van der Waals surface area contributed by atoms with Crippen molar-refractivity contribution in [3.63, 3.8) is 0 Å². The molecule has 3 aromatic carbocycles. The number of nitrogens with zero attached hydrogens (tertiary/aromatic N) is 2. The zero-order valence-electron chi connectivity index (χ0n) is 24.5. The van der Waals surface area contributed by atoms with Gasteiger partial charge in [0.15, 0.2) is 11.5 Å². The van der Waals surface area contributed by atoms with Gasteiger partial charge in [-0.3, -0.25) is 15.1 Å². The summed E-state index contributed by atoms with van der Waals surface area (Å²) in [5.41, 5.74) is 6.83. The van der Waals surface area contributed by atoms with Crippen molar-refractivity contribution in [3.8, 4) is 40.2 Å². The summed E-state index contributed by atoms with van der Waals surface area (Å²) in [6.45, 7) is 5.04. The SMILES string of the molecule is Cc1cc(OCc2cccc(-c3ccc4c(c3)OCCO4)c2C)cc(OCc2cncc(C#N)c2)c1CN[C@H](CO)C(=O)O. The van der Waals surface area contributed by atoms with Crippen LogP contribution in [0.25, 0.3) is 11.1 Å². The molecule has 0 radical (unpaired) electrons. The fraction of sp³-hybridized carbons (Fsp3) is 0.265. The van der Waals surface area contributed by atoms with Gasteiger partial charge >= 0.3 is 5.97 Å². The summed E-state index contributed by atoms with van der Waals surface area (Å²) in [6.07, 6.45) is 3.10. The van der Waals surface area contributed by atoms with Crippen LogP contribution >= 0.6 is 0 Å². The molecule has 0 unspecified atom stereocenters. The average Bonchev–Trinajstić information content (AvgIpc) is 3.04. The first-order valence-electron chi connectivity index (χ1n) is 14.1. The lowest BCUT2D eigenvalue weighted by Gasteiger charge is -2.20. The minimum Gasteiger partial charge on any atom is -0.489 e. The van der Waals surface area contributed by atoms with E-state index < -0.39 is 18.6 Å². The number of pyridine rings is 1. The Bertz CT molecular complexity index is 1700. The van der Waals surface area contributed by atoms with Crippen LogP contribution in [0.15, 0.2) is 67.0 Å². The molecule has 0 saturated carbocycles. The van der Waals surface area contributed by atoms with Crippen LogP contribution in [0.3, 0.4) is 0 Å². The third kappa shape index (κ3) is 7.09. The predicted molar refractivity (Wildman–Crippen MR) is 162 cm³/mol. The van der Waals surface area contributed by atoms with E-state index in [1.54, 1.807) is 18.3 Å². The van der Waals surface area contributed by atoms with Gasteiger partial charge in [-0.1, -0.05) is 24.3 Å². The van der Waals surface area contributed by atoms with E-state index in [-0.39, 0.29) is 13.2 Å². The van der Waals surface area contributed by atoms with Gasteiger partial charge in [-0.25, -0.2) is 0 Å². The summed E-state index contributed by atoms with van der Waals surface area (Å²) in [7, 11) is 0. The summed E-state index contributed by atoms with van der Waals surface area (Å²) in [5, 5.41) is 30.9. The average molecular weight is 596 g/mol. The standard InChI is InChI=1S/C34H33N3O7/c1-21-10-27(43-20-26-4-3-5-28(22(26)2)25-6-7-31-33(12-25)42-9-8-41-31)13-32(29(21)17-37-30(18-38)34(39)40)44-19-24-11-23(14-35)15-36-16-24/h3-7,10-13,15-16,30,37-38H,8-9,17-20H2,1-2H3,(H,39,40)/t30-/m1/s1. The van der Waals surface area contributed by atoms with E-state index in [4.69, 9.17) is 18.9 Å². The number of fused-ring (bicyclic) bond motifs is 1. The summed E-state index contributed by atoms with van der Waals surface area (Å²) in [5.74, 6) is 1.38. The number of nitrogens with one attached hydrogen (secondary N) is 1. The van der Waals surface area contributed by atoms with Gasteiger partial charge in [0.05, 0.1) is 12.2 Å². The molecule has 0 saturated heterocycles. The maximum Gasteiger partial charge on any atom is 0.323 e. The Balaban J connectivity index is 1.37. The normalized spacial score (nSPS) is 12.7. The van der Waals surface area contributed by atoms with Crippen molar-refractivity contribution in [2.75, 3.05) is 19.8 Å². The number of rotatable bonds is 12. The van der Waals surface area contributed by atoms with Crippen LogP contribution in [0.4, 0.5) is 0 Å². The highest BCUT2D eigenvalue weighted by Crippen LogP contribution is 2.36. The summed E-state index contributed by atoms with van der Waals surface area (Å²) in [4.78, 5) is 15.5. The van der Waals surface area contributed by atoms with Crippen LogP contribution in [0.5, 0.6) is 23.0 Å². The number of hydrogen-bond donors (Lipinski definition) is 3.